The summed E-state index contributed by atoms with van der Waals surface area (Å²) in [5.74, 6) is 1.26. The Morgan fingerprint density at radius 3 is 2.92 bits per heavy atom. The van der Waals surface area contributed by atoms with Gasteiger partial charge < -0.3 is 14.4 Å². The molecular formula is C18H19ClN2O3. The number of hydrogen-bond donors (Lipinski definition) is 0. The summed E-state index contributed by atoms with van der Waals surface area (Å²) >= 11 is 6.07. The SMILES string of the molecule is O=C(COc1ccccc1)N1CCCC(Oc2ccncc2Cl)C1. The Bertz CT molecular complexity index is 681. The highest BCUT2D eigenvalue weighted by atomic mass is 35.5. The number of piperidine rings is 1. The summed E-state index contributed by atoms with van der Waals surface area (Å²) in [6.45, 7) is 1.29. The van der Waals surface area contributed by atoms with E-state index in [1.54, 1.807) is 23.4 Å². The molecule has 24 heavy (non-hydrogen) atoms. The second-order valence-corrected chi connectivity index (χ2v) is 6.04. The van der Waals surface area contributed by atoms with Crippen molar-refractivity contribution in [3.8, 4) is 11.5 Å². The van der Waals surface area contributed by atoms with Crippen LogP contribution in [0.5, 0.6) is 11.5 Å². The first-order valence-corrected chi connectivity index (χ1v) is 8.32. The Morgan fingerprint density at radius 1 is 1.29 bits per heavy atom. The fraction of sp³-hybridized carbons (Fsp3) is 0.333. The van der Waals surface area contributed by atoms with Crippen molar-refractivity contribution in [1.29, 1.82) is 0 Å². The lowest BCUT2D eigenvalue weighted by atomic mass is 10.1. The van der Waals surface area contributed by atoms with Crippen LogP contribution in [0.1, 0.15) is 12.8 Å². The first kappa shape index (κ1) is 16.6. The molecule has 1 aromatic heterocycles. The summed E-state index contributed by atoms with van der Waals surface area (Å²) in [6, 6.07) is 11.1. The molecule has 2 aromatic rings. The Kier molecular flexibility index (Phi) is 5.54. The Labute approximate surface area is 146 Å². The van der Waals surface area contributed by atoms with Crippen LogP contribution in [0.15, 0.2) is 48.8 Å². The molecule has 0 radical (unpaired) electrons. The Balaban J connectivity index is 1.53. The van der Waals surface area contributed by atoms with E-state index in [0.29, 0.717) is 23.1 Å². The largest absolute Gasteiger partial charge is 0.487 e. The second kappa shape index (κ2) is 8.02. The van der Waals surface area contributed by atoms with Crippen LogP contribution in [-0.2, 0) is 4.79 Å². The molecule has 6 heteroatoms. The number of carbonyl (C=O) groups is 1. The molecule has 1 amide bonds. The fourth-order valence-electron chi connectivity index (χ4n) is 2.65. The van der Waals surface area contributed by atoms with E-state index < -0.39 is 0 Å². The normalized spacial score (nSPS) is 17.4. The molecule has 5 nitrogen and oxygen atoms in total. The zero-order chi connectivity index (χ0) is 16.8. The summed E-state index contributed by atoms with van der Waals surface area (Å²) in [5.41, 5.74) is 0. The average Bonchev–Trinajstić information content (AvgIpc) is 2.63. The zero-order valence-corrected chi connectivity index (χ0v) is 14.0. The van der Waals surface area contributed by atoms with Gasteiger partial charge in [-0.2, -0.15) is 0 Å². The van der Waals surface area contributed by atoms with E-state index in [2.05, 4.69) is 4.98 Å². The lowest BCUT2D eigenvalue weighted by molar-refractivity contribution is -0.136. The number of pyridine rings is 1. The second-order valence-electron chi connectivity index (χ2n) is 5.63. The van der Waals surface area contributed by atoms with Gasteiger partial charge in [-0.3, -0.25) is 9.78 Å². The lowest BCUT2D eigenvalue weighted by Crippen LogP contribution is -2.46. The predicted octanol–water partition coefficient (Wildman–Crippen LogP) is 3.18. The summed E-state index contributed by atoms with van der Waals surface area (Å²) < 4.78 is 11.5. The minimum absolute atomic E-state index is 0.0343. The van der Waals surface area contributed by atoms with Gasteiger partial charge in [0.1, 0.15) is 22.6 Å². The molecule has 126 valence electrons. The van der Waals surface area contributed by atoms with E-state index in [9.17, 15) is 4.79 Å². The van der Waals surface area contributed by atoms with Gasteiger partial charge >= 0.3 is 0 Å². The minimum atomic E-state index is -0.0701. The van der Waals surface area contributed by atoms with Crippen LogP contribution in [-0.4, -0.2) is 41.6 Å². The maximum absolute atomic E-state index is 12.3. The fourth-order valence-corrected chi connectivity index (χ4v) is 2.82. The van der Waals surface area contributed by atoms with Crippen molar-refractivity contribution in [2.45, 2.75) is 18.9 Å². The minimum Gasteiger partial charge on any atom is -0.487 e. The number of amides is 1. The first-order chi connectivity index (χ1) is 11.7. The molecular weight excluding hydrogens is 328 g/mol. The molecule has 1 fully saturated rings. The summed E-state index contributed by atoms with van der Waals surface area (Å²) in [5, 5.41) is 0.480. The number of nitrogens with zero attached hydrogens (tertiary/aromatic N) is 2. The van der Waals surface area contributed by atoms with E-state index in [1.807, 2.05) is 30.3 Å². The molecule has 0 N–H and O–H groups in total. The van der Waals surface area contributed by atoms with Gasteiger partial charge in [-0.1, -0.05) is 29.8 Å². The molecule has 0 aliphatic carbocycles. The van der Waals surface area contributed by atoms with Crippen molar-refractivity contribution in [3.63, 3.8) is 0 Å². The van der Waals surface area contributed by atoms with Crippen LogP contribution in [0.25, 0.3) is 0 Å². The molecule has 1 aliphatic heterocycles. The third kappa shape index (κ3) is 4.38. The van der Waals surface area contributed by atoms with Gasteiger partial charge in [-0.15, -0.1) is 0 Å². The number of carbonyl (C=O) groups excluding carboxylic acids is 1. The summed E-state index contributed by atoms with van der Waals surface area (Å²) in [6.07, 6.45) is 4.91. The third-order valence-electron chi connectivity index (χ3n) is 3.87. The molecule has 2 heterocycles. The van der Waals surface area contributed by atoms with E-state index in [0.717, 1.165) is 19.4 Å². The highest BCUT2D eigenvalue weighted by molar-refractivity contribution is 6.31. The molecule has 1 aromatic carbocycles. The quantitative estimate of drug-likeness (QED) is 0.834. The monoisotopic (exact) mass is 346 g/mol. The molecule has 0 bridgehead atoms. The van der Waals surface area contributed by atoms with E-state index in [4.69, 9.17) is 21.1 Å². The predicted molar refractivity (Wildman–Crippen MR) is 91.4 cm³/mol. The molecule has 1 saturated heterocycles. The van der Waals surface area contributed by atoms with Gasteiger partial charge in [-0.25, -0.2) is 0 Å². The number of benzene rings is 1. The molecule has 1 atom stereocenters. The number of hydrogen-bond acceptors (Lipinski definition) is 4. The van der Waals surface area contributed by atoms with Crippen molar-refractivity contribution in [2.75, 3.05) is 19.7 Å². The Morgan fingerprint density at radius 2 is 2.12 bits per heavy atom. The van der Waals surface area contributed by atoms with Crippen molar-refractivity contribution in [1.82, 2.24) is 9.88 Å². The zero-order valence-electron chi connectivity index (χ0n) is 13.2. The van der Waals surface area contributed by atoms with Crippen LogP contribution in [0, 0.1) is 0 Å². The van der Waals surface area contributed by atoms with Crippen LogP contribution in [0.4, 0.5) is 0 Å². The van der Waals surface area contributed by atoms with Crippen LogP contribution in [0.2, 0.25) is 5.02 Å². The number of rotatable bonds is 5. The lowest BCUT2D eigenvalue weighted by Gasteiger charge is -2.33. The molecule has 1 unspecified atom stereocenters. The van der Waals surface area contributed by atoms with Gasteiger partial charge in [0.15, 0.2) is 6.61 Å². The van der Waals surface area contributed by atoms with Gasteiger partial charge in [0.2, 0.25) is 0 Å². The topological polar surface area (TPSA) is 51.7 Å². The Hall–Kier alpha value is -2.27. The maximum Gasteiger partial charge on any atom is 0.260 e. The van der Waals surface area contributed by atoms with E-state index >= 15 is 0 Å². The molecule has 0 spiro atoms. The average molecular weight is 347 g/mol. The smallest absolute Gasteiger partial charge is 0.260 e. The van der Waals surface area contributed by atoms with Crippen LogP contribution < -0.4 is 9.47 Å². The number of aromatic nitrogens is 1. The van der Waals surface area contributed by atoms with Gasteiger partial charge in [0.25, 0.3) is 5.91 Å². The number of likely N-dealkylation sites (tertiary alicyclic amines) is 1. The standard InChI is InChI=1S/C18H19ClN2O3/c19-16-11-20-9-8-17(16)24-15-7-4-10-21(12-15)18(22)13-23-14-5-2-1-3-6-14/h1-3,5-6,8-9,11,15H,4,7,10,12-13H2. The molecule has 0 saturated carbocycles. The number of halogens is 1. The molecule has 1 aliphatic rings. The van der Waals surface area contributed by atoms with Crippen molar-refractivity contribution in [3.05, 3.63) is 53.8 Å². The summed E-state index contributed by atoms with van der Waals surface area (Å²) in [4.78, 5) is 18.1. The van der Waals surface area contributed by atoms with Crippen LogP contribution >= 0.6 is 11.6 Å². The van der Waals surface area contributed by atoms with E-state index in [-0.39, 0.29) is 18.6 Å². The van der Waals surface area contributed by atoms with Crippen molar-refractivity contribution >= 4 is 17.5 Å². The maximum atomic E-state index is 12.3. The number of ether oxygens (including phenoxy) is 2. The first-order valence-electron chi connectivity index (χ1n) is 7.94. The highest BCUT2D eigenvalue weighted by Gasteiger charge is 2.25. The van der Waals surface area contributed by atoms with Crippen molar-refractivity contribution < 1.29 is 14.3 Å². The molecule has 3 rings (SSSR count). The van der Waals surface area contributed by atoms with Crippen molar-refractivity contribution in [2.24, 2.45) is 0 Å². The van der Waals surface area contributed by atoms with Gasteiger partial charge in [-0.05, 0) is 25.0 Å². The van der Waals surface area contributed by atoms with Gasteiger partial charge in [0, 0.05) is 25.0 Å². The van der Waals surface area contributed by atoms with E-state index in [1.165, 1.54) is 0 Å². The van der Waals surface area contributed by atoms with Gasteiger partial charge in [0.05, 0.1) is 6.54 Å². The highest BCUT2D eigenvalue weighted by Crippen LogP contribution is 2.25. The summed E-state index contributed by atoms with van der Waals surface area (Å²) in [7, 11) is 0. The number of para-hydroxylation sites is 1. The van der Waals surface area contributed by atoms with Crippen LogP contribution in [0.3, 0.4) is 0 Å². The third-order valence-corrected chi connectivity index (χ3v) is 4.15.